The minimum atomic E-state index is -0.920. The zero-order valence-electron chi connectivity index (χ0n) is 10.3. The standard InChI is InChI=1S/C13H16N2O3/c1-14-6-7-15(9-12(14)16)8-10-2-4-11(5-3-10)13(17)18/h2-5H,6-9H2,1H3,(H,17,18). The summed E-state index contributed by atoms with van der Waals surface area (Å²) >= 11 is 0. The molecule has 0 spiro atoms. The van der Waals surface area contributed by atoms with Gasteiger partial charge in [0.2, 0.25) is 5.91 Å². The second kappa shape index (κ2) is 5.18. The topological polar surface area (TPSA) is 60.9 Å². The first-order valence-corrected chi connectivity index (χ1v) is 5.85. The lowest BCUT2D eigenvalue weighted by Crippen LogP contribution is -2.47. The van der Waals surface area contributed by atoms with Gasteiger partial charge in [-0.1, -0.05) is 12.1 Å². The number of likely N-dealkylation sites (N-methyl/N-ethyl adjacent to an activating group) is 1. The quantitative estimate of drug-likeness (QED) is 0.853. The summed E-state index contributed by atoms with van der Waals surface area (Å²) in [7, 11) is 1.81. The summed E-state index contributed by atoms with van der Waals surface area (Å²) < 4.78 is 0. The number of hydrogen-bond donors (Lipinski definition) is 1. The van der Waals surface area contributed by atoms with Crippen molar-refractivity contribution in [2.45, 2.75) is 6.54 Å². The van der Waals surface area contributed by atoms with Crippen LogP contribution in [-0.4, -0.2) is 53.5 Å². The Bertz CT molecular complexity index is 456. The third kappa shape index (κ3) is 2.87. The normalized spacial score (nSPS) is 16.9. The third-order valence-electron chi connectivity index (χ3n) is 3.14. The monoisotopic (exact) mass is 248 g/mol. The summed E-state index contributed by atoms with van der Waals surface area (Å²) in [5.41, 5.74) is 1.31. The number of carbonyl (C=O) groups is 2. The fraction of sp³-hybridized carbons (Fsp3) is 0.385. The van der Waals surface area contributed by atoms with Gasteiger partial charge in [0.15, 0.2) is 0 Å². The van der Waals surface area contributed by atoms with Crippen molar-refractivity contribution in [2.24, 2.45) is 0 Å². The van der Waals surface area contributed by atoms with Gasteiger partial charge in [-0.05, 0) is 17.7 Å². The van der Waals surface area contributed by atoms with E-state index in [4.69, 9.17) is 5.11 Å². The van der Waals surface area contributed by atoms with Gasteiger partial charge in [0.1, 0.15) is 0 Å². The number of rotatable bonds is 3. The van der Waals surface area contributed by atoms with Crippen molar-refractivity contribution in [1.29, 1.82) is 0 Å². The molecular weight excluding hydrogens is 232 g/mol. The number of hydrogen-bond acceptors (Lipinski definition) is 3. The molecule has 1 aromatic carbocycles. The number of piperazine rings is 1. The van der Waals surface area contributed by atoms with Crippen molar-refractivity contribution in [3.05, 3.63) is 35.4 Å². The molecule has 1 fully saturated rings. The Labute approximate surface area is 106 Å². The largest absolute Gasteiger partial charge is 0.478 e. The van der Waals surface area contributed by atoms with Crippen LogP contribution in [0, 0.1) is 0 Å². The van der Waals surface area contributed by atoms with Gasteiger partial charge in [0.25, 0.3) is 0 Å². The maximum atomic E-state index is 11.5. The van der Waals surface area contributed by atoms with E-state index in [-0.39, 0.29) is 11.5 Å². The smallest absolute Gasteiger partial charge is 0.335 e. The highest BCUT2D eigenvalue weighted by Gasteiger charge is 2.20. The predicted octanol–water partition coefficient (Wildman–Crippen LogP) is 0.659. The van der Waals surface area contributed by atoms with E-state index in [9.17, 15) is 9.59 Å². The number of carboxylic acid groups (broad SMARTS) is 1. The summed E-state index contributed by atoms with van der Waals surface area (Å²) in [5.74, 6) is -0.792. The van der Waals surface area contributed by atoms with Crippen molar-refractivity contribution in [3.8, 4) is 0 Å². The van der Waals surface area contributed by atoms with E-state index >= 15 is 0 Å². The van der Waals surface area contributed by atoms with Crippen LogP contribution in [0.3, 0.4) is 0 Å². The highest BCUT2D eigenvalue weighted by atomic mass is 16.4. The zero-order valence-corrected chi connectivity index (χ0v) is 10.3. The Morgan fingerprint density at radius 3 is 2.50 bits per heavy atom. The Kier molecular flexibility index (Phi) is 3.62. The molecule has 18 heavy (non-hydrogen) atoms. The SMILES string of the molecule is CN1CCN(Cc2ccc(C(=O)O)cc2)CC1=O. The minimum Gasteiger partial charge on any atom is -0.478 e. The highest BCUT2D eigenvalue weighted by Crippen LogP contribution is 2.10. The van der Waals surface area contributed by atoms with Crippen molar-refractivity contribution in [3.63, 3.8) is 0 Å². The summed E-state index contributed by atoms with van der Waals surface area (Å²) in [5, 5.41) is 8.80. The lowest BCUT2D eigenvalue weighted by molar-refractivity contribution is -0.134. The molecule has 1 amide bonds. The second-order valence-corrected chi connectivity index (χ2v) is 4.53. The summed E-state index contributed by atoms with van der Waals surface area (Å²) in [6.07, 6.45) is 0. The fourth-order valence-corrected chi connectivity index (χ4v) is 1.95. The number of amides is 1. The van der Waals surface area contributed by atoms with Gasteiger partial charge in [0, 0.05) is 26.7 Å². The molecule has 1 heterocycles. The van der Waals surface area contributed by atoms with E-state index in [1.54, 1.807) is 36.2 Å². The first-order chi connectivity index (χ1) is 8.56. The van der Waals surface area contributed by atoms with E-state index in [1.807, 2.05) is 0 Å². The molecule has 0 atom stereocenters. The number of aromatic carboxylic acids is 1. The van der Waals surface area contributed by atoms with Crippen LogP contribution in [0.4, 0.5) is 0 Å². The first-order valence-electron chi connectivity index (χ1n) is 5.85. The van der Waals surface area contributed by atoms with Crippen LogP contribution in [0.15, 0.2) is 24.3 Å². The number of benzene rings is 1. The van der Waals surface area contributed by atoms with E-state index in [1.165, 1.54) is 0 Å². The van der Waals surface area contributed by atoms with Crippen molar-refractivity contribution in [2.75, 3.05) is 26.7 Å². The summed E-state index contributed by atoms with van der Waals surface area (Å²) in [6.45, 7) is 2.70. The van der Waals surface area contributed by atoms with Gasteiger partial charge in [-0.25, -0.2) is 4.79 Å². The number of carboxylic acids is 1. The molecule has 1 N–H and O–H groups in total. The van der Waals surface area contributed by atoms with Crippen LogP contribution in [-0.2, 0) is 11.3 Å². The van der Waals surface area contributed by atoms with Gasteiger partial charge < -0.3 is 10.0 Å². The molecule has 0 radical (unpaired) electrons. The molecule has 0 saturated carbocycles. The average molecular weight is 248 g/mol. The van der Waals surface area contributed by atoms with Crippen molar-refractivity contribution in [1.82, 2.24) is 9.80 Å². The number of carbonyl (C=O) groups excluding carboxylic acids is 1. The second-order valence-electron chi connectivity index (χ2n) is 4.53. The van der Waals surface area contributed by atoms with Crippen molar-refractivity contribution >= 4 is 11.9 Å². The summed E-state index contributed by atoms with van der Waals surface area (Å²) in [4.78, 5) is 26.1. The van der Waals surface area contributed by atoms with Gasteiger partial charge in [-0.3, -0.25) is 9.69 Å². The molecule has 1 aromatic rings. The maximum Gasteiger partial charge on any atom is 0.335 e. The third-order valence-corrected chi connectivity index (χ3v) is 3.14. The minimum absolute atomic E-state index is 0.128. The molecule has 0 aromatic heterocycles. The van der Waals surface area contributed by atoms with E-state index in [0.717, 1.165) is 18.7 Å². The lowest BCUT2D eigenvalue weighted by atomic mass is 10.1. The molecular formula is C13H16N2O3. The molecule has 0 aliphatic carbocycles. The molecule has 1 saturated heterocycles. The molecule has 1 aliphatic heterocycles. The maximum absolute atomic E-state index is 11.5. The van der Waals surface area contributed by atoms with Gasteiger partial charge in [-0.15, -0.1) is 0 Å². The lowest BCUT2D eigenvalue weighted by Gasteiger charge is -2.31. The fourth-order valence-electron chi connectivity index (χ4n) is 1.95. The van der Waals surface area contributed by atoms with E-state index in [2.05, 4.69) is 4.90 Å². The predicted molar refractivity (Wildman–Crippen MR) is 66.3 cm³/mol. The van der Waals surface area contributed by atoms with Gasteiger partial charge in [-0.2, -0.15) is 0 Å². The molecule has 96 valence electrons. The Morgan fingerprint density at radius 2 is 1.94 bits per heavy atom. The van der Waals surface area contributed by atoms with Crippen LogP contribution in [0.5, 0.6) is 0 Å². The Morgan fingerprint density at radius 1 is 1.28 bits per heavy atom. The van der Waals surface area contributed by atoms with E-state index in [0.29, 0.717) is 13.1 Å². The molecule has 0 unspecified atom stereocenters. The Balaban J connectivity index is 1.97. The molecule has 5 heteroatoms. The van der Waals surface area contributed by atoms with Crippen LogP contribution in [0.1, 0.15) is 15.9 Å². The van der Waals surface area contributed by atoms with Crippen LogP contribution < -0.4 is 0 Å². The molecule has 0 bridgehead atoms. The molecule has 5 nitrogen and oxygen atoms in total. The van der Waals surface area contributed by atoms with Gasteiger partial charge in [0.05, 0.1) is 12.1 Å². The van der Waals surface area contributed by atoms with Gasteiger partial charge >= 0.3 is 5.97 Å². The molecule has 1 aliphatic rings. The van der Waals surface area contributed by atoms with Crippen molar-refractivity contribution < 1.29 is 14.7 Å². The zero-order chi connectivity index (χ0) is 13.1. The van der Waals surface area contributed by atoms with Crippen LogP contribution in [0.2, 0.25) is 0 Å². The number of nitrogens with zero attached hydrogens (tertiary/aromatic N) is 2. The first kappa shape index (κ1) is 12.6. The Hall–Kier alpha value is -1.88. The van der Waals surface area contributed by atoms with E-state index < -0.39 is 5.97 Å². The van der Waals surface area contributed by atoms with Crippen LogP contribution in [0.25, 0.3) is 0 Å². The average Bonchev–Trinajstić information content (AvgIpc) is 2.34. The molecule has 2 rings (SSSR count). The summed E-state index contributed by atoms with van der Waals surface area (Å²) in [6, 6.07) is 6.78. The highest BCUT2D eigenvalue weighted by molar-refractivity contribution is 5.87. The van der Waals surface area contributed by atoms with Crippen LogP contribution >= 0.6 is 0 Å².